The number of Topliss-reactive ketones (excluding diaryl/α,β-unsaturated/α-hetero) is 1. The van der Waals surface area contributed by atoms with Crippen molar-refractivity contribution >= 4 is 17.3 Å². The summed E-state index contributed by atoms with van der Waals surface area (Å²) in [6, 6.07) is 1.55. The molecule has 0 radical (unpaired) electrons. The first-order valence-electron chi connectivity index (χ1n) is 6.85. The van der Waals surface area contributed by atoms with Crippen molar-refractivity contribution in [3.8, 4) is 5.88 Å². The number of carbonyl (C=O) groups is 2. The van der Waals surface area contributed by atoms with E-state index in [0.717, 1.165) is 0 Å². The van der Waals surface area contributed by atoms with Gasteiger partial charge in [0.05, 0.1) is 19.0 Å². The number of rotatable bonds is 4. The Morgan fingerprint density at radius 1 is 1.32 bits per heavy atom. The Labute approximate surface area is 128 Å². The zero-order valence-corrected chi connectivity index (χ0v) is 13.3. The van der Waals surface area contributed by atoms with Crippen molar-refractivity contribution in [2.75, 3.05) is 7.11 Å². The predicted molar refractivity (Wildman–Crippen MR) is 79.1 cm³/mol. The molecule has 0 saturated carbocycles. The molecule has 0 atom stereocenters. The van der Waals surface area contributed by atoms with Gasteiger partial charge in [0.25, 0.3) is 0 Å². The highest BCUT2D eigenvalue weighted by molar-refractivity contribution is 6.05. The Balaban J connectivity index is 2.24. The molecule has 0 amide bonds. The van der Waals surface area contributed by atoms with Crippen molar-refractivity contribution in [3.05, 3.63) is 23.7 Å². The average molecular weight is 305 g/mol. The maximum absolute atomic E-state index is 12.2. The molecule has 2 aromatic heterocycles. The third-order valence-corrected chi connectivity index (χ3v) is 2.75. The van der Waals surface area contributed by atoms with Gasteiger partial charge in [0.2, 0.25) is 5.88 Å². The quantitative estimate of drug-likeness (QED) is 0.488. The molecule has 0 unspecified atom stereocenters. The van der Waals surface area contributed by atoms with Gasteiger partial charge >= 0.3 is 5.97 Å². The summed E-state index contributed by atoms with van der Waals surface area (Å²) in [6.07, 6.45) is 1.33. The molecule has 7 heteroatoms. The van der Waals surface area contributed by atoms with E-state index in [4.69, 9.17) is 9.47 Å². The van der Waals surface area contributed by atoms with Crippen LogP contribution in [0.4, 0.5) is 0 Å². The van der Waals surface area contributed by atoms with Crippen LogP contribution >= 0.6 is 0 Å². The lowest BCUT2D eigenvalue weighted by molar-refractivity contribution is -0.153. The van der Waals surface area contributed by atoms with Crippen LogP contribution in [-0.2, 0) is 9.53 Å². The summed E-state index contributed by atoms with van der Waals surface area (Å²) >= 11 is 0. The second kappa shape index (κ2) is 5.75. The van der Waals surface area contributed by atoms with E-state index in [1.54, 1.807) is 40.0 Å². The zero-order valence-electron chi connectivity index (χ0n) is 13.3. The number of aromatic nitrogens is 3. The highest BCUT2D eigenvalue weighted by atomic mass is 16.6. The third kappa shape index (κ3) is 3.60. The lowest BCUT2D eigenvalue weighted by atomic mass is 10.1. The number of ketones is 1. The van der Waals surface area contributed by atoms with E-state index in [2.05, 4.69) is 10.1 Å². The standard InChI is InChI=1S/C15H19N3O4/c1-9-8-18-11(14(16-9)21-5)6-10(17-18)12(19)7-13(20)22-15(2,3)4/h6,8H,7H2,1-5H3. The Bertz CT molecular complexity index is 728. The molecule has 2 aromatic rings. The molecule has 0 aromatic carbocycles. The van der Waals surface area contributed by atoms with Crippen LogP contribution < -0.4 is 4.74 Å². The summed E-state index contributed by atoms with van der Waals surface area (Å²) in [5.41, 5.74) is 0.830. The van der Waals surface area contributed by atoms with Crippen molar-refractivity contribution in [1.82, 2.24) is 14.6 Å². The van der Waals surface area contributed by atoms with Crippen LogP contribution in [0.15, 0.2) is 12.3 Å². The molecule has 0 bridgehead atoms. The summed E-state index contributed by atoms with van der Waals surface area (Å²) in [6.45, 7) is 7.05. The number of fused-ring (bicyclic) bond motifs is 1. The smallest absolute Gasteiger partial charge is 0.314 e. The zero-order chi connectivity index (χ0) is 16.5. The molecule has 2 rings (SSSR count). The van der Waals surface area contributed by atoms with Crippen molar-refractivity contribution < 1.29 is 19.1 Å². The number of aryl methyl sites for hydroxylation is 1. The van der Waals surface area contributed by atoms with Gasteiger partial charge in [-0.3, -0.25) is 9.59 Å². The minimum atomic E-state index is -0.624. The highest BCUT2D eigenvalue weighted by Gasteiger charge is 2.22. The van der Waals surface area contributed by atoms with Crippen LogP contribution in [0, 0.1) is 6.92 Å². The van der Waals surface area contributed by atoms with Gasteiger partial charge in [-0.2, -0.15) is 5.10 Å². The van der Waals surface area contributed by atoms with Gasteiger partial charge in [-0.05, 0) is 27.7 Å². The summed E-state index contributed by atoms with van der Waals surface area (Å²) in [5.74, 6) is -0.600. The number of hydrogen-bond donors (Lipinski definition) is 0. The molecule has 0 spiro atoms. The number of carbonyl (C=O) groups excluding carboxylic acids is 2. The molecule has 0 aliphatic rings. The number of nitrogens with zero attached hydrogens (tertiary/aromatic N) is 3. The molecule has 2 heterocycles. The number of esters is 1. The van der Waals surface area contributed by atoms with E-state index in [0.29, 0.717) is 17.1 Å². The summed E-state index contributed by atoms with van der Waals surface area (Å²) in [5, 5.41) is 4.17. The van der Waals surface area contributed by atoms with E-state index < -0.39 is 17.4 Å². The predicted octanol–water partition coefficient (Wildman–Crippen LogP) is 1.96. The van der Waals surface area contributed by atoms with Crippen molar-refractivity contribution in [2.24, 2.45) is 0 Å². The lowest BCUT2D eigenvalue weighted by Gasteiger charge is -2.18. The molecule has 0 aliphatic carbocycles. The van der Waals surface area contributed by atoms with Crippen molar-refractivity contribution in [1.29, 1.82) is 0 Å². The van der Waals surface area contributed by atoms with Gasteiger partial charge in [-0.1, -0.05) is 0 Å². The lowest BCUT2D eigenvalue weighted by Crippen LogP contribution is -2.25. The molecular weight excluding hydrogens is 286 g/mol. The van der Waals surface area contributed by atoms with Crippen LogP contribution in [0.25, 0.3) is 5.52 Å². The van der Waals surface area contributed by atoms with Crippen molar-refractivity contribution in [3.63, 3.8) is 0 Å². The Hall–Kier alpha value is -2.44. The second-order valence-corrected chi connectivity index (χ2v) is 5.94. The molecule has 0 fully saturated rings. The molecule has 0 N–H and O–H groups in total. The first kappa shape index (κ1) is 15.9. The molecule has 7 nitrogen and oxygen atoms in total. The van der Waals surface area contributed by atoms with Crippen LogP contribution in [0.2, 0.25) is 0 Å². The number of methoxy groups -OCH3 is 1. The van der Waals surface area contributed by atoms with Crippen molar-refractivity contribution in [2.45, 2.75) is 39.7 Å². The molecule has 0 aliphatic heterocycles. The maximum atomic E-state index is 12.2. The minimum Gasteiger partial charge on any atom is -0.479 e. The van der Waals surface area contributed by atoms with Crippen LogP contribution in [-0.4, -0.2) is 39.1 Å². The van der Waals surface area contributed by atoms with Crippen LogP contribution in [0.5, 0.6) is 5.88 Å². The normalized spacial score (nSPS) is 11.5. The van der Waals surface area contributed by atoms with E-state index in [-0.39, 0.29) is 12.1 Å². The van der Waals surface area contributed by atoms with Gasteiger partial charge in [0, 0.05) is 6.07 Å². The summed E-state index contributed by atoms with van der Waals surface area (Å²) < 4.78 is 11.8. The highest BCUT2D eigenvalue weighted by Crippen LogP contribution is 2.19. The third-order valence-electron chi connectivity index (χ3n) is 2.75. The summed E-state index contributed by atoms with van der Waals surface area (Å²) in [4.78, 5) is 28.1. The molecule has 118 valence electrons. The van der Waals surface area contributed by atoms with Gasteiger partial charge in [-0.15, -0.1) is 0 Å². The maximum Gasteiger partial charge on any atom is 0.314 e. The fourth-order valence-electron chi connectivity index (χ4n) is 1.96. The van der Waals surface area contributed by atoms with Gasteiger partial charge in [0.15, 0.2) is 5.78 Å². The molecule has 0 saturated heterocycles. The summed E-state index contributed by atoms with van der Waals surface area (Å²) in [7, 11) is 1.50. The van der Waals surface area contributed by atoms with Crippen LogP contribution in [0.3, 0.4) is 0 Å². The second-order valence-electron chi connectivity index (χ2n) is 5.94. The Morgan fingerprint density at radius 2 is 2.00 bits per heavy atom. The van der Waals surface area contributed by atoms with Gasteiger partial charge in [0.1, 0.15) is 23.2 Å². The minimum absolute atomic E-state index is 0.177. The fraction of sp³-hybridized carbons (Fsp3) is 0.467. The first-order valence-corrected chi connectivity index (χ1v) is 6.85. The molecule has 22 heavy (non-hydrogen) atoms. The number of ether oxygens (including phenoxy) is 2. The van der Waals surface area contributed by atoms with Gasteiger partial charge in [-0.25, -0.2) is 9.50 Å². The average Bonchev–Trinajstić information content (AvgIpc) is 2.78. The van der Waals surface area contributed by atoms with Gasteiger partial charge < -0.3 is 9.47 Å². The molecular formula is C15H19N3O4. The fourth-order valence-corrected chi connectivity index (χ4v) is 1.96. The monoisotopic (exact) mass is 305 g/mol. The topological polar surface area (TPSA) is 82.8 Å². The Morgan fingerprint density at radius 3 is 2.59 bits per heavy atom. The van der Waals surface area contributed by atoms with E-state index in [1.807, 2.05) is 0 Å². The van der Waals surface area contributed by atoms with E-state index >= 15 is 0 Å². The van der Waals surface area contributed by atoms with E-state index in [9.17, 15) is 9.59 Å². The number of hydrogen-bond acceptors (Lipinski definition) is 6. The first-order chi connectivity index (χ1) is 10.2. The SMILES string of the molecule is COc1nc(C)cn2nc(C(=O)CC(=O)OC(C)(C)C)cc12. The Kier molecular flexibility index (Phi) is 4.16. The van der Waals surface area contributed by atoms with Crippen LogP contribution in [0.1, 0.15) is 43.4 Å². The largest absolute Gasteiger partial charge is 0.479 e. The van der Waals surface area contributed by atoms with E-state index in [1.165, 1.54) is 11.6 Å².